The predicted molar refractivity (Wildman–Crippen MR) is 522 cm³/mol. The molecule has 26 heteroatoms. The molecule has 9 aromatic carbocycles. The molecule has 1 aliphatic heterocycles. The number of allylic oxidation sites excluding steroid dienone is 1. The van der Waals surface area contributed by atoms with Crippen LogP contribution in [0.15, 0.2) is 297 Å². The average molecular weight is 1810 g/mol. The first-order chi connectivity index (χ1) is 61.0. The molecule has 1 atom stereocenters. The van der Waals surface area contributed by atoms with Crippen molar-refractivity contribution >= 4 is 27.4 Å². The van der Waals surface area contributed by atoms with E-state index in [9.17, 15) is 25.4 Å². The van der Waals surface area contributed by atoms with Gasteiger partial charge in [-0.15, -0.1) is 6.58 Å². The second-order valence-electron chi connectivity index (χ2n) is 30.9. The van der Waals surface area contributed by atoms with Crippen LogP contribution >= 0.6 is 0 Å². The fourth-order valence-corrected chi connectivity index (χ4v) is 15.2. The zero-order chi connectivity index (χ0) is 92.3. The van der Waals surface area contributed by atoms with Crippen LogP contribution in [-0.4, -0.2) is 208 Å². The van der Waals surface area contributed by atoms with Gasteiger partial charge in [0, 0.05) is 72.1 Å². The van der Waals surface area contributed by atoms with Crippen LogP contribution in [0.5, 0.6) is 0 Å². The van der Waals surface area contributed by atoms with Crippen LogP contribution in [0.1, 0.15) is 86.1 Å². The van der Waals surface area contributed by atoms with Gasteiger partial charge < -0.3 is 73.6 Å². The van der Waals surface area contributed by atoms with Crippen LogP contribution in [-0.2, 0) is 73.7 Å². The summed E-state index contributed by atoms with van der Waals surface area (Å²) in [5.74, 6) is 0. The van der Waals surface area contributed by atoms with E-state index in [0.717, 1.165) is 68.9 Å². The Labute approximate surface area is 789 Å². The monoisotopic (exact) mass is 1810 g/mol. The Balaban J connectivity index is 0.00000153. The quantitative estimate of drug-likeness (QED) is 0.0122. The van der Waals surface area contributed by atoms with Crippen molar-refractivity contribution in [2.24, 2.45) is 5.16 Å². The van der Waals surface area contributed by atoms with Gasteiger partial charge in [-0.3, -0.25) is 20.2 Å². The number of aliphatic hydroxyl groups is 1. The third-order valence-electron chi connectivity index (χ3n) is 18.8. The normalized spacial score (nSPS) is 11.9. The van der Waals surface area contributed by atoms with Crippen molar-refractivity contribution in [3.05, 3.63) is 372 Å². The number of ether oxygens (including phenoxy) is 11. The fraction of sp³-hybridized carbons (Fsp3) is 0.412. The average Bonchev–Trinajstić information content (AvgIpc) is 1.70. The number of methoxy groups -OCH3 is 4. The van der Waals surface area contributed by atoms with E-state index >= 15 is 0 Å². The molecule has 0 bridgehead atoms. The molecule has 0 saturated carbocycles. The van der Waals surface area contributed by atoms with Gasteiger partial charge in [-0.05, 0) is 72.0 Å². The van der Waals surface area contributed by atoms with E-state index in [1.54, 1.807) is 28.4 Å². The van der Waals surface area contributed by atoms with Crippen molar-refractivity contribution in [1.29, 1.82) is 0 Å². The number of nitro groups is 2. The van der Waals surface area contributed by atoms with Crippen molar-refractivity contribution in [2.45, 2.75) is 116 Å². The second kappa shape index (κ2) is 70.8. The Morgan fingerprint density at radius 2 is 0.828 bits per heavy atom. The number of rotatable bonds is 45. The van der Waals surface area contributed by atoms with E-state index in [1.807, 2.05) is 243 Å². The number of hydrogen-bond acceptors (Lipinski definition) is 20. The number of hydrogen-bond donors (Lipinski definition) is 1. The Morgan fingerprint density at radius 1 is 0.500 bits per heavy atom. The minimum Gasteiger partial charge on any atom is -1.00 e. The molecule has 0 aliphatic carbocycles. The summed E-state index contributed by atoms with van der Waals surface area (Å²) >= 11 is 0. The number of oxime groups is 1. The number of aliphatic hydroxyl groups excluding tert-OH is 1. The molecule has 0 radical (unpaired) electrons. The summed E-state index contributed by atoms with van der Waals surface area (Å²) in [6, 6.07) is 92.0. The van der Waals surface area contributed by atoms with Crippen LogP contribution in [0.25, 0.3) is 10.6 Å². The SMILES string of the molecule is C.C=CC[Si](C)(C)C.CCN(CC)CC.COCCOCCO.COCCOCCOC(C#[N+][O-])(c1ccccc1)c1ccccc1.COCCOCCOC(C1=NOC(C[Si](C)(C)C)C1)(c1ccccc1)c1ccccc1.COCCOCCOC(C[N+](=O)[O-])(c1ccccc1)c1ccccc1.Cc1ccccc1.O=[N+]([O-])C=C(c1ccccc1)c1ccccc1.[H-].[Na+]. The molecule has 128 heavy (non-hydrogen) atoms. The van der Waals surface area contributed by atoms with E-state index in [4.69, 9.17) is 57.3 Å². The minimum atomic E-state index is -1.28. The van der Waals surface area contributed by atoms with E-state index in [0.29, 0.717) is 91.5 Å². The second-order valence-corrected chi connectivity index (χ2v) is 42.0. The van der Waals surface area contributed by atoms with Gasteiger partial charge in [0.05, 0.1) is 116 Å². The maximum absolute atomic E-state index is 11.4. The van der Waals surface area contributed by atoms with Gasteiger partial charge in [0.1, 0.15) is 11.8 Å². The molecule has 0 spiro atoms. The molecule has 0 amide bonds. The minimum absolute atomic E-state index is 0. The van der Waals surface area contributed by atoms with Gasteiger partial charge in [0.2, 0.25) is 12.7 Å². The van der Waals surface area contributed by atoms with Crippen LogP contribution < -0.4 is 29.6 Å². The Kier molecular flexibility index (Phi) is 64.7. The number of benzene rings is 9. The topological polar surface area (TPSA) is 260 Å². The van der Waals surface area contributed by atoms with E-state index in [2.05, 4.69) is 136 Å². The third-order valence-corrected chi connectivity index (χ3v) is 22.0. The molecule has 10 rings (SSSR count). The standard InChI is InChI=1S/C25H35NO4Si.C19H23NO5.C19H21NO4.C14H11NO2.C7H8.C6H15N.C6H14Si.C5H12O3.CH4.Na.H/c1-27-15-16-28-17-18-29-25(21-11-7-5-8-12-21,22-13-9-6-10-14-22)24-19-23(30-26-24)20-31(2,3)4;1-23-12-13-24-14-15-25-19(16-20(21)22,17-8-4-2-5-9-17)18-10-6-3-7-11-18;1-22-12-13-23-14-15-24-19(16-20-21,17-8-4-2-5-9-17)18-10-6-3-7-11-18;16-15(17)11-14(12-7-3-1-4-8-12)13-9-5-2-6-10-13;1-7-5-3-2-4-6-7;1-4-7(5-2)6-3;1-5-6-7(2,3)4;1-7-4-5-8-3-2-6;;;/h5-14,23H,15-20H2,1-4H3;2-11H,12-16H2,1H3;2-11H,12-15H2,1H3;1-11H;2-6H,1H3;4-6H2,1-3H3;5H,1,6H2,2-4H3;6H,2-5H2,1H3;1H4;;/q;;;;;;;;;+1;-1. The summed E-state index contributed by atoms with van der Waals surface area (Å²) in [5, 5.41) is 48.9. The Hall–Kier alpha value is -9.07. The zero-order valence-corrected chi connectivity index (χ0v) is 81.8. The van der Waals surface area contributed by atoms with Crippen molar-refractivity contribution in [3.63, 3.8) is 0 Å². The van der Waals surface area contributed by atoms with Gasteiger partial charge in [-0.25, -0.2) is 0 Å². The van der Waals surface area contributed by atoms with Gasteiger partial charge in [0.25, 0.3) is 5.60 Å². The van der Waals surface area contributed by atoms with Crippen molar-refractivity contribution in [2.75, 3.05) is 160 Å². The molecule has 694 valence electrons. The van der Waals surface area contributed by atoms with E-state index < -0.39 is 37.9 Å². The van der Waals surface area contributed by atoms with E-state index in [-0.39, 0.29) is 75.8 Å². The molecular formula is C102H144N5NaO18Si2. The number of aryl methyl sites for hydroxylation is 1. The molecule has 1 unspecified atom stereocenters. The Bertz CT molecular complexity index is 4190. The maximum atomic E-state index is 11.4. The molecule has 0 fully saturated rings. The van der Waals surface area contributed by atoms with Crippen LogP contribution in [0.2, 0.25) is 51.4 Å². The molecule has 1 aliphatic rings. The molecule has 0 aromatic heterocycles. The molecule has 1 heterocycles. The zero-order valence-electron chi connectivity index (χ0n) is 78.8. The van der Waals surface area contributed by atoms with Crippen LogP contribution in [0, 0.1) is 38.4 Å². The summed E-state index contributed by atoms with van der Waals surface area (Å²) in [4.78, 5) is 29.7. The van der Waals surface area contributed by atoms with Gasteiger partial charge in [0.15, 0.2) is 11.2 Å². The maximum Gasteiger partial charge on any atom is 1.00 e. The summed E-state index contributed by atoms with van der Waals surface area (Å²) in [5.41, 5.74) is 6.59. The fourth-order valence-electron chi connectivity index (χ4n) is 12.7. The number of nitrogens with zero attached hydrogens (tertiary/aromatic N) is 5. The van der Waals surface area contributed by atoms with Gasteiger partial charge in [-0.2, -0.15) is 0 Å². The summed E-state index contributed by atoms with van der Waals surface area (Å²) < 4.78 is 59.8. The third kappa shape index (κ3) is 47.5. The molecule has 0 saturated heterocycles. The summed E-state index contributed by atoms with van der Waals surface area (Å²) in [6.45, 7) is 36.6. The first kappa shape index (κ1) is 117. The Morgan fingerprint density at radius 3 is 1.12 bits per heavy atom. The first-order valence-corrected chi connectivity index (χ1v) is 50.3. The summed E-state index contributed by atoms with van der Waals surface area (Å²) in [7, 11) is 4.45. The van der Waals surface area contributed by atoms with Crippen molar-refractivity contribution in [1.82, 2.24) is 4.90 Å². The summed E-state index contributed by atoms with van der Waals surface area (Å²) in [6.07, 6.45) is 3.94. The molecule has 9 aromatic rings. The predicted octanol–water partition coefficient (Wildman–Crippen LogP) is 18.0. The van der Waals surface area contributed by atoms with Gasteiger partial charge in [-0.1, -0.05) is 357 Å². The molecule has 23 nitrogen and oxygen atoms in total. The van der Waals surface area contributed by atoms with E-state index in [1.165, 1.54) is 31.2 Å². The molecule has 1 N–H and O–H groups in total. The first-order valence-electron chi connectivity index (χ1n) is 42.8. The largest absolute Gasteiger partial charge is 1.00 e. The van der Waals surface area contributed by atoms with Crippen LogP contribution in [0.3, 0.4) is 0 Å². The smallest absolute Gasteiger partial charge is 1.00 e. The molecular weight excluding hydrogens is 1660 g/mol. The van der Waals surface area contributed by atoms with Crippen molar-refractivity contribution < 1.29 is 103 Å². The van der Waals surface area contributed by atoms with Crippen LogP contribution in [0.4, 0.5) is 0 Å². The van der Waals surface area contributed by atoms with Gasteiger partial charge >= 0.3 is 35.6 Å². The van der Waals surface area contributed by atoms with Crippen molar-refractivity contribution in [3.8, 4) is 6.07 Å².